The molecule has 3 atom stereocenters. The number of rotatable bonds is 2. The number of hydrogen-bond acceptors (Lipinski definition) is 1. The molecule has 0 aromatic carbocycles. The van der Waals surface area contributed by atoms with Gasteiger partial charge in [0.1, 0.15) is 0 Å². The van der Waals surface area contributed by atoms with Gasteiger partial charge in [0.05, 0.1) is 0 Å². The first-order chi connectivity index (χ1) is 4.29. The van der Waals surface area contributed by atoms with Crippen LogP contribution in [0.3, 0.4) is 0 Å². The van der Waals surface area contributed by atoms with Crippen LogP contribution in [0.5, 0.6) is 0 Å². The monoisotopic (exact) mass is 128 g/mol. The second-order valence-electron chi connectivity index (χ2n) is 3.23. The van der Waals surface area contributed by atoms with Crippen molar-refractivity contribution in [2.24, 2.45) is 17.8 Å². The molecule has 1 fully saturated rings. The van der Waals surface area contributed by atoms with Gasteiger partial charge < -0.3 is 5.11 Å². The Hall–Kier alpha value is -0.0400. The molecule has 0 radical (unpaired) electrons. The fourth-order valence-corrected chi connectivity index (χ4v) is 2.04. The van der Waals surface area contributed by atoms with Crippen molar-refractivity contribution in [2.45, 2.75) is 26.7 Å². The molecule has 1 nitrogen and oxygen atoms in total. The highest BCUT2D eigenvalue weighted by Gasteiger charge is 2.35. The smallest absolute Gasteiger partial charge is 0.0462 e. The van der Waals surface area contributed by atoms with Crippen molar-refractivity contribution in [1.29, 1.82) is 0 Å². The molecule has 1 aliphatic rings. The predicted octanol–water partition coefficient (Wildman–Crippen LogP) is 1.66. The van der Waals surface area contributed by atoms with Gasteiger partial charge in [-0.2, -0.15) is 0 Å². The second kappa shape index (κ2) is 2.70. The van der Waals surface area contributed by atoms with Crippen LogP contribution in [-0.2, 0) is 0 Å². The van der Waals surface area contributed by atoms with E-state index in [1.807, 2.05) is 0 Å². The van der Waals surface area contributed by atoms with Crippen LogP contribution in [0.25, 0.3) is 0 Å². The molecule has 1 rings (SSSR count). The van der Waals surface area contributed by atoms with E-state index in [2.05, 4.69) is 13.8 Å². The Morgan fingerprint density at radius 1 is 1.56 bits per heavy atom. The minimum atomic E-state index is 0.406. The zero-order valence-corrected chi connectivity index (χ0v) is 6.30. The maximum absolute atomic E-state index is 8.81. The third-order valence-corrected chi connectivity index (χ3v) is 2.72. The number of hydrogen-bond donors (Lipinski definition) is 1. The number of aliphatic hydroxyl groups excluding tert-OH is 1. The van der Waals surface area contributed by atoms with Crippen LogP contribution in [0.1, 0.15) is 26.7 Å². The normalized spacial score (nSPS) is 42.3. The molecular formula is C8H16O. The highest BCUT2D eigenvalue weighted by Crippen LogP contribution is 2.41. The standard InChI is InChI=1S/C8H16O/c1-3-8-6(2)4-7(8)5-9/h6-9H,3-5H2,1-2H3/t6?,7-,8+/m0/s1. The molecule has 0 aliphatic heterocycles. The molecule has 0 amide bonds. The average Bonchev–Trinajstić information content (AvgIpc) is 1.83. The van der Waals surface area contributed by atoms with Crippen molar-refractivity contribution in [1.82, 2.24) is 0 Å². The van der Waals surface area contributed by atoms with E-state index in [9.17, 15) is 0 Å². The fraction of sp³-hybridized carbons (Fsp3) is 1.00. The molecule has 1 saturated carbocycles. The summed E-state index contributed by atoms with van der Waals surface area (Å²) in [6, 6.07) is 0. The first-order valence-corrected chi connectivity index (χ1v) is 3.90. The summed E-state index contributed by atoms with van der Waals surface area (Å²) in [6.07, 6.45) is 2.49. The van der Waals surface area contributed by atoms with Crippen LogP contribution in [0.4, 0.5) is 0 Å². The van der Waals surface area contributed by atoms with Gasteiger partial charge in [-0.05, 0) is 24.2 Å². The third-order valence-electron chi connectivity index (χ3n) is 2.72. The predicted molar refractivity (Wildman–Crippen MR) is 38.1 cm³/mol. The Morgan fingerprint density at radius 3 is 2.44 bits per heavy atom. The summed E-state index contributed by atoms with van der Waals surface area (Å²) in [7, 11) is 0. The molecule has 0 spiro atoms. The second-order valence-corrected chi connectivity index (χ2v) is 3.23. The van der Waals surface area contributed by atoms with Crippen LogP contribution in [0, 0.1) is 17.8 Å². The molecule has 9 heavy (non-hydrogen) atoms. The maximum Gasteiger partial charge on any atom is 0.0462 e. The molecule has 1 heteroatoms. The fourth-order valence-electron chi connectivity index (χ4n) is 2.04. The minimum Gasteiger partial charge on any atom is -0.396 e. The van der Waals surface area contributed by atoms with E-state index in [-0.39, 0.29) is 0 Å². The molecule has 1 aliphatic carbocycles. The van der Waals surface area contributed by atoms with E-state index in [1.54, 1.807) is 0 Å². The summed E-state index contributed by atoms with van der Waals surface area (Å²) < 4.78 is 0. The largest absolute Gasteiger partial charge is 0.396 e. The van der Waals surface area contributed by atoms with Gasteiger partial charge in [-0.3, -0.25) is 0 Å². The van der Waals surface area contributed by atoms with E-state index in [0.29, 0.717) is 12.5 Å². The lowest BCUT2D eigenvalue weighted by Gasteiger charge is -2.41. The van der Waals surface area contributed by atoms with E-state index >= 15 is 0 Å². The molecule has 1 unspecified atom stereocenters. The lowest BCUT2D eigenvalue weighted by atomic mass is 9.65. The Labute approximate surface area is 57.1 Å². The van der Waals surface area contributed by atoms with Gasteiger partial charge >= 0.3 is 0 Å². The highest BCUT2D eigenvalue weighted by molar-refractivity contribution is 4.84. The molecule has 0 saturated heterocycles. The number of aliphatic hydroxyl groups is 1. The molecule has 0 aromatic rings. The van der Waals surface area contributed by atoms with Gasteiger partial charge in [-0.15, -0.1) is 0 Å². The summed E-state index contributed by atoms with van der Waals surface area (Å²) in [6.45, 7) is 4.89. The average molecular weight is 128 g/mol. The Balaban J connectivity index is 2.29. The van der Waals surface area contributed by atoms with Crippen molar-refractivity contribution in [3.8, 4) is 0 Å². The third kappa shape index (κ3) is 1.11. The minimum absolute atomic E-state index is 0.406. The van der Waals surface area contributed by atoms with Crippen molar-refractivity contribution in [3.63, 3.8) is 0 Å². The lowest BCUT2D eigenvalue weighted by Crippen LogP contribution is -2.36. The highest BCUT2D eigenvalue weighted by atomic mass is 16.3. The Morgan fingerprint density at radius 2 is 2.22 bits per heavy atom. The van der Waals surface area contributed by atoms with Crippen molar-refractivity contribution in [3.05, 3.63) is 0 Å². The van der Waals surface area contributed by atoms with Gasteiger partial charge in [0, 0.05) is 6.61 Å². The molecule has 0 aromatic heterocycles. The van der Waals surface area contributed by atoms with Crippen LogP contribution in [-0.4, -0.2) is 11.7 Å². The first kappa shape index (κ1) is 7.07. The topological polar surface area (TPSA) is 20.2 Å². The Kier molecular flexibility index (Phi) is 2.12. The van der Waals surface area contributed by atoms with E-state index in [1.165, 1.54) is 12.8 Å². The molecule has 54 valence electrons. The van der Waals surface area contributed by atoms with Gasteiger partial charge in [-0.25, -0.2) is 0 Å². The van der Waals surface area contributed by atoms with Crippen molar-refractivity contribution in [2.75, 3.05) is 6.61 Å². The first-order valence-electron chi connectivity index (χ1n) is 3.90. The lowest BCUT2D eigenvalue weighted by molar-refractivity contribution is 0.0305. The SMILES string of the molecule is CC[C@@H]1C(C)C[C@H]1CO. The quantitative estimate of drug-likeness (QED) is 0.599. The van der Waals surface area contributed by atoms with Crippen molar-refractivity contribution < 1.29 is 5.11 Å². The summed E-state index contributed by atoms with van der Waals surface area (Å²) in [4.78, 5) is 0. The molecule has 0 bridgehead atoms. The van der Waals surface area contributed by atoms with E-state index in [0.717, 1.165) is 11.8 Å². The van der Waals surface area contributed by atoms with E-state index < -0.39 is 0 Å². The van der Waals surface area contributed by atoms with Crippen LogP contribution >= 0.6 is 0 Å². The van der Waals surface area contributed by atoms with Crippen LogP contribution in [0.15, 0.2) is 0 Å². The Bertz CT molecular complexity index is 90.6. The van der Waals surface area contributed by atoms with Crippen LogP contribution in [0.2, 0.25) is 0 Å². The summed E-state index contributed by atoms with van der Waals surface area (Å²) in [5.41, 5.74) is 0. The van der Waals surface area contributed by atoms with E-state index in [4.69, 9.17) is 5.11 Å². The van der Waals surface area contributed by atoms with Crippen molar-refractivity contribution >= 4 is 0 Å². The van der Waals surface area contributed by atoms with Gasteiger partial charge in [0.25, 0.3) is 0 Å². The molecular weight excluding hydrogens is 112 g/mol. The van der Waals surface area contributed by atoms with Gasteiger partial charge in [-0.1, -0.05) is 20.3 Å². The zero-order valence-electron chi connectivity index (χ0n) is 6.30. The van der Waals surface area contributed by atoms with Crippen LogP contribution < -0.4 is 0 Å². The summed E-state index contributed by atoms with van der Waals surface area (Å²) in [5, 5.41) is 8.81. The maximum atomic E-state index is 8.81. The van der Waals surface area contributed by atoms with Gasteiger partial charge in [0.2, 0.25) is 0 Å². The summed E-state index contributed by atoms with van der Waals surface area (Å²) >= 11 is 0. The molecule has 0 heterocycles. The molecule has 1 N–H and O–H groups in total. The van der Waals surface area contributed by atoms with Gasteiger partial charge in [0.15, 0.2) is 0 Å². The summed E-state index contributed by atoms with van der Waals surface area (Å²) in [5.74, 6) is 2.31. The zero-order chi connectivity index (χ0) is 6.85.